The predicted molar refractivity (Wildman–Crippen MR) is 84.7 cm³/mol. The minimum absolute atomic E-state index is 0.0516. The summed E-state index contributed by atoms with van der Waals surface area (Å²) in [6.07, 6.45) is 5.48. The Labute approximate surface area is 136 Å². The summed E-state index contributed by atoms with van der Waals surface area (Å²) < 4.78 is 7.07. The average Bonchev–Trinajstić information content (AvgIpc) is 2.95. The number of amides is 1. The number of morpholine rings is 1. The van der Waals surface area contributed by atoms with Crippen LogP contribution in [0.5, 0.6) is 0 Å². The van der Waals surface area contributed by atoms with Crippen molar-refractivity contribution in [2.75, 3.05) is 32.8 Å². The maximum absolute atomic E-state index is 12.3. The second-order valence-electron chi connectivity index (χ2n) is 6.58. The van der Waals surface area contributed by atoms with E-state index in [2.05, 4.69) is 15.3 Å². The number of hydrogen-bond acceptors (Lipinski definition) is 5. The molecular formula is C16H26N4O3. The summed E-state index contributed by atoms with van der Waals surface area (Å²) in [5, 5.41) is 16.9. The van der Waals surface area contributed by atoms with E-state index >= 15 is 0 Å². The second-order valence-corrected chi connectivity index (χ2v) is 6.58. The lowest BCUT2D eigenvalue weighted by Crippen LogP contribution is -2.43. The molecule has 2 N–H and O–H groups in total. The minimum Gasteiger partial charge on any atom is -0.393 e. The smallest absolute Gasteiger partial charge is 0.221 e. The van der Waals surface area contributed by atoms with E-state index in [1.165, 1.54) is 0 Å². The molecule has 0 aromatic carbocycles. The van der Waals surface area contributed by atoms with Crippen molar-refractivity contribution in [3.63, 3.8) is 0 Å². The van der Waals surface area contributed by atoms with Gasteiger partial charge in [0, 0.05) is 44.9 Å². The molecule has 23 heavy (non-hydrogen) atoms. The fourth-order valence-electron chi connectivity index (χ4n) is 3.31. The van der Waals surface area contributed by atoms with Gasteiger partial charge in [-0.15, -0.1) is 0 Å². The van der Waals surface area contributed by atoms with Crippen LogP contribution in [0.3, 0.4) is 0 Å². The van der Waals surface area contributed by atoms with E-state index in [9.17, 15) is 9.90 Å². The molecule has 2 aliphatic rings. The first-order valence-corrected chi connectivity index (χ1v) is 8.38. The first-order chi connectivity index (χ1) is 11.1. The molecule has 1 unspecified atom stereocenters. The van der Waals surface area contributed by atoms with E-state index in [0.717, 1.165) is 51.3 Å². The van der Waals surface area contributed by atoms with Crippen LogP contribution < -0.4 is 5.32 Å². The van der Waals surface area contributed by atoms with Gasteiger partial charge in [0.15, 0.2) is 0 Å². The first-order valence-electron chi connectivity index (χ1n) is 8.38. The highest BCUT2D eigenvalue weighted by Gasteiger charge is 2.36. The molecule has 2 fully saturated rings. The SMILES string of the molecule is Cn1cc(C(NC(=O)CCN2CCOCC2)C2CC(O)C2)cn1. The lowest BCUT2D eigenvalue weighted by molar-refractivity contribution is -0.123. The van der Waals surface area contributed by atoms with E-state index in [1.54, 1.807) is 10.9 Å². The fourth-order valence-corrected chi connectivity index (χ4v) is 3.31. The first kappa shape index (κ1) is 16.4. The minimum atomic E-state index is -0.232. The van der Waals surface area contributed by atoms with Gasteiger partial charge in [-0.25, -0.2) is 0 Å². The Kier molecular flexibility index (Phi) is 5.30. The van der Waals surface area contributed by atoms with Crippen molar-refractivity contribution in [3.05, 3.63) is 18.0 Å². The molecule has 7 nitrogen and oxygen atoms in total. The van der Waals surface area contributed by atoms with Crippen LogP contribution in [0.4, 0.5) is 0 Å². The lowest BCUT2D eigenvalue weighted by Gasteiger charge is -2.37. The van der Waals surface area contributed by atoms with Crippen molar-refractivity contribution in [2.45, 2.75) is 31.4 Å². The number of hydrogen-bond donors (Lipinski definition) is 2. The van der Waals surface area contributed by atoms with E-state index in [4.69, 9.17) is 4.74 Å². The molecule has 0 bridgehead atoms. The number of carbonyl (C=O) groups excluding carboxylic acids is 1. The summed E-state index contributed by atoms with van der Waals surface area (Å²) in [7, 11) is 1.87. The Morgan fingerprint density at radius 2 is 2.22 bits per heavy atom. The van der Waals surface area contributed by atoms with Crippen LogP contribution in [0.2, 0.25) is 0 Å². The number of nitrogens with one attached hydrogen (secondary N) is 1. The third-order valence-electron chi connectivity index (χ3n) is 4.78. The van der Waals surface area contributed by atoms with Crippen LogP contribution >= 0.6 is 0 Å². The van der Waals surface area contributed by atoms with Gasteiger partial charge in [-0.05, 0) is 18.8 Å². The monoisotopic (exact) mass is 322 g/mol. The van der Waals surface area contributed by atoms with Crippen molar-refractivity contribution in [3.8, 4) is 0 Å². The molecule has 1 saturated carbocycles. The van der Waals surface area contributed by atoms with Gasteiger partial charge in [0.25, 0.3) is 0 Å². The molecular weight excluding hydrogens is 296 g/mol. The van der Waals surface area contributed by atoms with E-state index in [0.29, 0.717) is 12.3 Å². The van der Waals surface area contributed by atoms with E-state index in [-0.39, 0.29) is 18.1 Å². The molecule has 1 atom stereocenters. The highest BCUT2D eigenvalue weighted by atomic mass is 16.5. The summed E-state index contributed by atoms with van der Waals surface area (Å²) in [5.74, 6) is 0.355. The van der Waals surface area contributed by atoms with Gasteiger partial charge in [0.05, 0.1) is 31.6 Å². The van der Waals surface area contributed by atoms with Gasteiger partial charge < -0.3 is 15.2 Å². The molecule has 1 saturated heterocycles. The van der Waals surface area contributed by atoms with Crippen LogP contribution in [0.15, 0.2) is 12.4 Å². The van der Waals surface area contributed by atoms with Crippen molar-refractivity contribution in [1.29, 1.82) is 0 Å². The highest BCUT2D eigenvalue weighted by Crippen LogP contribution is 2.37. The van der Waals surface area contributed by atoms with Gasteiger partial charge in [-0.1, -0.05) is 0 Å². The van der Waals surface area contributed by atoms with Crippen LogP contribution in [0.1, 0.15) is 30.9 Å². The number of aliphatic hydroxyl groups excluding tert-OH is 1. The third kappa shape index (κ3) is 4.31. The number of ether oxygens (including phenoxy) is 1. The molecule has 1 aromatic heterocycles. The zero-order valence-corrected chi connectivity index (χ0v) is 13.6. The van der Waals surface area contributed by atoms with Crippen LogP contribution in [0, 0.1) is 5.92 Å². The van der Waals surface area contributed by atoms with Crippen LogP contribution in [-0.4, -0.2) is 64.6 Å². The normalized spacial score (nSPS) is 26.5. The maximum Gasteiger partial charge on any atom is 0.221 e. The number of nitrogens with zero attached hydrogens (tertiary/aromatic N) is 3. The standard InChI is InChI=1S/C16H26N4O3/c1-19-11-13(10-17-19)16(12-8-14(21)9-12)18-15(22)2-3-20-4-6-23-7-5-20/h10-12,14,16,21H,2-9H2,1H3,(H,18,22). The molecule has 0 spiro atoms. The molecule has 3 rings (SSSR count). The average molecular weight is 322 g/mol. The van der Waals surface area contributed by atoms with Crippen LogP contribution in [0.25, 0.3) is 0 Å². The molecule has 1 aromatic rings. The quantitative estimate of drug-likeness (QED) is 0.775. The Balaban J connectivity index is 1.53. The molecule has 2 heterocycles. The largest absolute Gasteiger partial charge is 0.393 e. The summed E-state index contributed by atoms with van der Waals surface area (Å²) in [4.78, 5) is 14.6. The molecule has 7 heteroatoms. The van der Waals surface area contributed by atoms with Crippen molar-refractivity contribution in [1.82, 2.24) is 20.0 Å². The second kappa shape index (κ2) is 7.42. The Morgan fingerprint density at radius 3 is 2.83 bits per heavy atom. The van der Waals surface area contributed by atoms with Crippen molar-refractivity contribution < 1.29 is 14.6 Å². The molecule has 128 valence electrons. The third-order valence-corrected chi connectivity index (χ3v) is 4.78. The molecule has 1 aliphatic heterocycles. The summed E-state index contributed by atoms with van der Waals surface area (Å²) in [6.45, 7) is 4.06. The van der Waals surface area contributed by atoms with Crippen molar-refractivity contribution >= 4 is 5.91 Å². The fraction of sp³-hybridized carbons (Fsp3) is 0.750. The lowest BCUT2D eigenvalue weighted by atomic mass is 9.75. The van der Waals surface area contributed by atoms with Gasteiger partial charge >= 0.3 is 0 Å². The van der Waals surface area contributed by atoms with Gasteiger partial charge in [-0.3, -0.25) is 14.4 Å². The summed E-state index contributed by atoms with van der Waals surface area (Å²) >= 11 is 0. The molecule has 1 amide bonds. The maximum atomic E-state index is 12.3. The topological polar surface area (TPSA) is 79.6 Å². The number of aliphatic hydroxyl groups is 1. The van der Waals surface area contributed by atoms with Gasteiger partial charge in [0.1, 0.15) is 0 Å². The zero-order valence-electron chi connectivity index (χ0n) is 13.6. The van der Waals surface area contributed by atoms with E-state index < -0.39 is 0 Å². The molecule has 0 radical (unpaired) electrons. The number of carbonyl (C=O) groups is 1. The Hall–Kier alpha value is -1.44. The Morgan fingerprint density at radius 1 is 1.48 bits per heavy atom. The van der Waals surface area contributed by atoms with Gasteiger partial charge in [-0.2, -0.15) is 5.10 Å². The summed E-state index contributed by atoms with van der Waals surface area (Å²) in [5.41, 5.74) is 1.02. The van der Waals surface area contributed by atoms with Crippen LogP contribution in [-0.2, 0) is 16.6 Å². The number of aryl methyl sites for hydroxylation is 1. The highest BCUT2D eigenvalue weighted by molar-refractivity contribution is 5.76. The van der Waals surface area contributed by atoms with Gasteiger partial charge in [0.2, 0.25) is 5.91 Å². The number of rotatable bonds is 6. The number of aromatic nitrogens is 2. The zero-order chi connectivity index (χ0) is 16.2. The van der Waals surface area contributed by atoms with Crippen molar-refractivity contribution in [2.24, 2.45) is 13.0 Å². The van der Waals surface area contributed by atoms with E-state index in [1.807, 2.05) is 13.2 Å². The Bertz CT molecular complexity index is 521. The summed E-state index contributed by atoms with van der Waals surface area (Å²) in [6, 6.07) is -0.0516. The molecule has 1 aliphatic carbocycles. The predicted octanol–water partition coefficient (Wildman–Crippen LogP) is 0.0706.